The van der Waals surface area contributed by atoms with Crippen LogP contribution in [0.2, 0.25) is 0 Å². The van der Waals surface area contributed by atoms with Gasteiger partial charge in [0.2, 0.25) is 0 Å². The lowest BCUT2D eigenvalue weighted by Gasteiger charge is -2.42. The standard InChI is InChI=1S/C14H29N3O3/c1-13(2,3)20-12(19)17-6-4-14(10-16,5-7-17)8-11(18)9-15/h11,18H,4-10,15-16H2,1-3H3/t11-/m0/s1. The summed E-state index contributed by atoms with van der Waals surface area (Å²) in [6.45, 7) is 7.56. The number of aliphatic hydroxyl groups is 1. The maximum absolute atomic E-state index is 12.0. The van der Waals surface area contributed by atoms with Crippen LogP contribution in [0.4, 0.5) is 4.79 Å². The zero-order valence-electron chi connectivity index (χ0n) is 12.9. The number of amides is 1. The van der Waals surface area contributed by atoms with E-state index in [0.717, 1.165) is 12.8 Å². The van der Waals surface area contributed by atoms with Gasteiger partial charge in [-0.3, -0.25) is 0 Å². The molecular formula is C14H29N3O3. The fourth-order valence-corrected chi connectivity index (χ4v) is 2.56. The van der Waals surface area contributed by atoms with Crippen molar-refractivity contribution in [2.24, 2.45) is 16.9 Å². The van der Waals surface area contributed by atoms with Crippen LogP contribution in [0, 0.1) is 5.41 Å². The second-order valence-corrected chi connectivity index (χ2v) is 6.77. The largest absolute Gasteiger partial charge is 0.444 e. The number of hydrogen-bond acceptors (Lipinski definition) is 5. The van der Waals surface area contributed by atoms with Crippen molar-refractivity contribution in [3.05, 3.63) is 0 Å². The quantitative estimate of drug-likeness (QED) is 0.705. The minimum Gasteiger partial charge on any atom is -0.444 e. The molecule has 20 heavy (non-hydrogen) atoms. The molecule has 1 saturated heterocycles. The van der Waals surface area contributed by atoms with Crippen molar-refractivity contribution in [2.75, 3.05) is 26.2 Å². The van der Waals surface area contributed by atoms with E-state index >= 15 is 0 Å². The summed E-state index contributed by atoms with van der Waals surface area (Å²) in [5.74, 6) is 0. The molecule has 1 fully saturated rings. The molecule has 0 aromatic carbocycles. The molecule has 1 atom stereocenters. The fraction of sp³-hybridized carbons (Fsp3) is 0.929. The molecule has 6 nitrogen and oxygen atoms in total. The van der Waals surface area contributed by atoms with E-state index in [-0.39, 0.29) is 18.1 Å². The van der Waals surface area contributed by atoms with Crippen LogP contribution in [0.3, 0.4) is 0 Å². The van der Waals surface area contributed by atoms with Gasteiger partial charge in [-0.15, -0.1) is 0 Å². The van der Waals surface area contributed by atoms with Gasteiger partial charge in [-0.2, -0.15) is 0 Å². The number of nitrogens with zero attached hydrogens (tertiary/aromatic N) is 1. The van der Waals surface area contributed by atoms with Crippen LogP contribution in [0.15, 0.2) is 0 Å². The summed E-state index contributed by atoms with van der Waals surface area (Å²) in [4.78, 5) is 13.7. The van der Waals surface area contributed by atoms with Gasteiger partial charge in [-0.25, -0.2) is 4.79 Å². The summed E-state index contributed by atoms with van der Waals surface area (Å²) in [6.07, 6.45) is 1.36. The fourth-order valence-electron chi connectivity index (χ4n) is 2.56. The lowest BCUT2D eigenvalue weighted by atomic mass is 9.74. The molecule has 118 valence electrons. The van der Waals surface area contributed by atoms with Gasteiger partial charge in [0, 0.05) is 19.6 Å². The first-order valence-electron chi connectivity index (χ1n) is 7.27. The third-order valence-electron chi connectivity index (χ3n) is 3.85. The van der Waals surface area contributed by atoms with E-state index in [1.54, 1.807) is 4.90 Å². The molecule has 1 amide bonds. The van der Waals surface area contributed by atoms with E-state index in [1.165, 1.54) is 0 Å². The molecule has 0 unspecified atom stereocenters. The van der Waals surface area contributed by atoms with Crippen LogP contribution >= 0.6 is 0 Å². The van der Waals surface area contributed by atoms with E-state index < -0.39 is 11.7 Å². The van der Waals surface area contributed by atoms with Crippen molar-refractivity contribution in [1.82, 2.24) is 4.90 Å². The summed E-state index contributed by atoms with van der Waals surface area (Å²) in [6, 6.07) is 0. The van der Waals surface area contributed by atoms with Gasteiger partial charge >= 0.3 is 6.09 Å². The van der Waals surface area contributed by atoms with E-state index in [0.29, 0.717) is 26.1 Å². The van der Waals surface area contributed by atoms with Crippen LogP contribution in [-0.4, -0.2) is 54.0 Å². The minimum absolute atomic E-state index is 0.114. The molecule has 0 spiro atoms. The molecule has 1 heterocycles. The highest BCUT2D eigenvalue weighted by atomic mass is 16.6. The molecule has 0 aliphatic carbocycles. The van der Waals surface area contributed by atoms with E-state index in [2.05, 4.69) is 0 Å². The average molecular weight is 287 g/mol. The minimum atomic E-state index is -0.522. The number of likely N-dealkylation sites (tertiary alicyclic amines) is 1. The van der Waals surface area contributed by atoms with Gasteiger partial charge in [-0.1, -0.05) is 0 Å². The van der Waals surface area contributed by atoms with Crippen molar-refractivity contribution in [3.8, 4) is 0 Å². The molecule has 0 bridgehead atoms. The highest BCUT2D eigenvalue weighted by Gasteiger charge is 2.37. The number of nitrogens with two attached hydrogens (primary N) is 2. The average Bonchev–Trinajstić information content (AvgIpc) is 2.37. The lowest BCUT2D eigenvalue weighted by molar-refractivity contribution is 0.00336. The van der Waals surface area contributed by atoms with Gasteiger partial charge < -0.3 is 26.2 Å². The van der Waals surface area contributed by atoms with Gasteiger partial charge in [0.05, 0.1) is 6.10 Å². The first kappa shape index (κ1) is 17.2. The Balaban J connectivity index is 2.54. The Hall–Kier alpha value is -0.850. The predicted octanol–water partition coefficient (Wildman–Crippen LogP) is 0.672. The Labute approximate surface area is 121 Å². The second kappa shape index (κ2) is 6.74. The van der Waals surface area contributed by atoms with Crippen LogP contribution < -0.4 is 11.5 Å². The highest BCUT2D eigenvalue weighted by Crippen LogP contribution is 2.35. The normalized spacial score (nSPS) is 20.6. The first-order chi connectivity index (χ1) is 9.21. The molecule has 0 radical (unpaired) electrons. The third-order valence-corrected chi connectivity index (χ3v) is 3.85. The first-order valence-corrected chi connectivity index (χ1v) is 7.27. The zero-order chi connectivity index (χ0) is 15.4. The van der Waals surface area contributed by atoms with Gasteiger partial charge in [0.1, 0.15) is 5.60 Å². The summed E-state index contributed by atoms with van der Waals surface area (Å²) in [7, 11) is 0. The number of hydrogen-bond donors (Lipinski definition) is 3. The van der Waals surface area contributed by atoms with Crippen molar-refractivity contribution in [1.29, 1.82) is 0 Å². The summed E-state index contributed by atoms with van der Waals surface area (Å²) in [5, 5.41) is 9.75. The highest BCUT2D eigenvalue weighted by molar-refractivity contribution is 5.68. The number of carbonyl (C=O) groups excluding carboxylic acids is 1. The molecule has 1 aliphatic rings. The monoisotopic (exact) mass is 287 g/mol. The molecule has 0 aromatic rings. The second-order valence-electron chi connectivity index (χ2n) is 6.77. The van der Waals surface area contributed by atoms with E-state index in [9.17, 15) is 9.90 Å². The molecule has 1 aliphatic heterocycles. The van der Waals surface area contributed by atoms with Gasteiger partial charge in [-0.05, 0) is 52.0 Å². The third kappa shape index (κ3) is 4.92. The van der Waals surface area contributed by atoms with E-state index in [4.69, 9.17) is 16.2 Å². The van der Waals surface area contributed by atoms with Crippen LogP contribution in [0.1, 0.15) is 40.0 Å². The van der Waals surface area contributed by atoms with Crippen molar-refractivity contribution in [3.63, 3.8) is 0 Å². The number of aliphatic hydroxyl groups excluding tert-OH is 1. The smallest absolute Gasteiger partial charge is 0.410 e. The Kier molecular flexibility index (Phi) is 5.79. The van der Waals surface area contributed by atoms with Crippen LogP contribution in [0.25, 0.3) is 0 Å². The Morgan fingerprint density at radius 3 is 2.30 bits per heavy atom. The maximum atomic E-state index is 12.0. The zero-order valence-corrected chi connectivity index (χ0v) is 12.9. The van der Waals surface area contributed by atoms with Crippen LogP contribution in [0.5, 0.6) is 0 Å². The molecule has 6 heteroatoms. The number of piperidine rings is 1. The molecule has 1 rings (SSSR count). The van der Waals surface area contributed by atoms with Gasteiger partial charge in [0.15, 0.2) is 0 Å². The van der Waals surface area contributed by atoms with Crippen molar-refractivity contribution < 1.29 is 14.6 Å². The summed E-state index contributed by atoms with van der Waals surface area (Å²) >= 11 is 0. The topological polar surface area (TPSA) is 102 Å². The number of rotatable bonds is 4. The summed E-state index contributed by atoms with van der Waals surface area (Å²) in [5.41, 5.74) is 10.8. The lowest BCUT2D eigenvalue weighted by Crippen LogP contribution is -2.49. The molecular weight excluding hydrogens is 258 g/mol. The van der Waals surface area contributed by atoms with Crippen LogP contribution in [-0.2, 0) is 4.74 Å². The van der Waals surface area contributed by atoms with Gasteiger partial charge in [0.25, 0.3) is 0 Å². The maximum Gasteiger partial charge on any atom is 0.410 e. The molecule has 0 saturated carbocycles. The number of carbonyl (C=O) groups is 1. The predicted molar refractivity (Wildman–Crippen MR) is 78.2 cm³/mol. The molecule has 5 N–H and O–H groups in total. The van der Waals surface area contributed by atoms with Crippen molar-refractivity contribution in [2.45, 2.75) is 51.7 Å². The Morgan fingerprint density at radius 2 is 1.90 bits per heavy atom. The molecule has 0 aromatic heterocycles. The SMILES string of the molecule is CC(C)(C)OC(=O)N1CCC(CN)(C[C@H](O)CN)CC1. The Bertz CT molecular complexity index is 320. The Morgan fingerprint density at radius 1 is 1.35 bits per heavy atom. The summed E-state index contributed by atoms with van der Waals surface area (Å²) < 4.78 is 5.37. The van der Waals surface area contributed by atoms with E-state index in [1.807, 2.05) is 20.8 Å². The number of ether oxygens (including phenoxy) is 1. The van der Waals surface area contributed by atoms with Crippen molar-refractivity contribution >= 4 is 6.09 Å².